The molecule has 0 bridgehead atoms. The predicted octanol–water partition coefficient (Wildman–Crippen LogP) is 2.03. The number of aromatic amines is 1. The highest BCUT2D eigenvalue weighted by Gasteiger charge is 2.48. The van der Waals surface area contributed by atoms with Gasteiger partial charge in [-0.2, -0.15) is 0 Å². The van der Waals surface area contributed by atoms with E-state index in [0.717, 1.165) is 18.7 Å². The summed E-state index contributed by atoms with van der Waals surface area (Å²) in [5.41, 5.74) is 7.28. The molecule has 1 aromatic carbocycles. The number of carbonyl (C=O) groups is 1. The lowest BCUT2D eigenvalue weighted by atomic mass is 9.80. The molecule has 1 aromatic heterocycles. The van der Waals surface area contributed by atoms with Gasteiger partial charge in [-0.3, -0.25) is 9.69 Å². The molecule has 0 saturated carbocycles. The second kappa shape index (κ2) is 5.93. The van der Waals surface area contributed by atoms with E-state index in [2.05, 4.69) is 27.0 Å². The Bertz CT molecular complexity index is 625. The first-order valence-electron chi connectivity index (χ1n) is 7.76. The van der Waals surface area contributed by atoms with Gasteiger partial charge in [0.05, 0.1) is 12.0 Å². The summed E-state index contributed by atoms with van der Waals surface area (Å²) in [5.74, 6) is -0.265. The molecule has 22 heavy (non-hydrogen) atoms. The number of nitrogens with two attached hydrogens (primary N) is 1. The number of H-pyrrole nitrogens is 1. The first-order valence-corrected chi connectivity index (χ1v) is 7.76. The van der Waals surface area contributed by atoms with Crippen LogP contribution < -0.4 is 5.73 Å². The molecule has 0 aliphatic carbocycles. The maximum Gasteiger partial charge on any atom is 0.238 e. The summed E-state index contributed by atoms with van der Waals surface area (Å²) in [6.45, 7) is 2.92. The molecule has 0 radical (unpaired) electrons. The Labute approximate surface area is 130 Å². The summed E-state index contributed by atoms with van der Waals surface area (Å²) >= 11 is 0. The van der Waals surface area contributed by atoms with Gasteiger partial charge in [0.1, 0.15) is 5.54 Å². The average Bonchev–Trinajstić information content (AvgIpc) is 2.99. The number of nitrogens with zero attached hydrogens (tertiary/aromatic N) is 2. The number of rotatable bonds is 6. The molecule has 0 spiro atoms. The van der Waals surface area contributed by atoms with E-state index in [1.54, 1.807) is 6.33 Å². The summed E-state index contributed by atoms with van der Waals surface area (Å²) in [6, 6.07) is 10.6. The third-order valence-corrected chi connectivity index (χ3v) is 4.83. The maximum absolute atomic E-state index is 12.3. The van der Waals surface area contributed by atoms with Gasteiger partial charge in [0.25, 0.3) is 0 Å². The Kier molecular flexibility index (Phi) is 3.98. The number of likely N-dealkylation sites (tertiary alicyclic amines) is 1. The van der Waals surface area contributed by atoms with Gasteiger partial charge in [-0.25, -0.2) is 4.98 Å². The molecule has 1 saturated heterocycles. The Morgan fingerprint density at radius 1 is 1.45 bits per heavy atom. The normalized spacial score (nSPS) is 21.0. The topological polar surface area (TPSA) is 75.0 Å². The van der Waals surface area contributed by atoms with E-state index in [1.165, 1.54) is 5.56 Å². The van der Waals surface area contributed by atoms with E-state index in [1.807, 2.05) is 31.3 Å². The molecule has 3 rings (SSSR count). The van der Waals surface area contributed by atoms with Crippen molar-refractivity contribution in [3.8, 4) is 0 Å². The van der Waals surface area contributed by atoms with Crippen LogP contribution in [0.1, 0.15) is 37.1 Å². The lowest BCUT2D eigenvalue weighted by Crippen LogP contribution is -2.64. The van der Waals surface area contributed by atoms with Gasteiger partial charge >= 0.3 is 0 Å². The number of primary amides is 1. The summed E-state index contributed by atoms with van der Waals surface area (Å²) in [6.07, 6.45) is 5.76. The van der Waals surface area contributed by atoms with Crippen LogP contribution in [0.4, 0.5) is 0 Å². The van der Waals surface area contributed by atoms with Crippen LogP contribution in [0.25, 0.3) is 0 Å². The molecule has 1 aliphatic rings. The zero-order chi connectivity index (χ0) is 15.6. The maximum atomic E-state index is 12.3. The highest BCUT2D eigenvalue weighted by atomic mass is 16.1. The minimum atomic E-state index is -0.673. The summed E-state index contributed by atoms with van der Waals surface area (Å²) in [7, 11) is 0. The zero-order valence-corrected chi connectivity index (χ0v) is 12.8. The average molecular weight is 298 g/mol. The van der Waals surface area contributed by atoms with Crippen molar-refractivity contribution in [2.24, 2.45) is 5.73 Å². The Hall–Kier alpha value is -2.14. The number of carbonyl (C=O) groups excluding carboxylic acids is 1. The number of hydrogen-bond acceptors (Lipinski definition) is 3. The third kappa shape index (κ3) is 2.41. The summed E-state index contributed by atoms with van der Waals surface area (Å²) in [4.78, 5) is 21.8. The quantitative estimate of drug-likeness (QED) is 0.857. The molecule has 2 atom stereocenters. The summed E-state index contributed by atoms with van der Waals surface area (Å²) in [5, 5.41) is 0. The van der Waals surface area contributed by atoms with Crippen LogP contribution in [-0.2, 0) is 11.2 Å². The molecule has 1 amide bonds. The second-order valence-electron chi connectivity index (χ2n) is 5.90. The van der Waals surface area contributed by atoms with Crippen LogP contribution >= 0.6 is 0 Å². The van der Waals surface area contributed by atoms with Crippen molar-refractivity contribution in [3.05, 3.63) is 54.1 Å². The van der Waals surface area contributed by atoms with Crippen molar-refractivity contribution >= 4 is 5.91 Å². The number of nitrogens with one attached hydrogen (secondary N) is 1. The lowest BCUT2D eigenvalue weighted by Gasteiger charge is -2.52. The third-order valence-electron chi connectivity index (χ3n) is 4.83. The van der Waals surface area contributed by atoms with E-state index in [-0.39, 0.29) is 11.9 Å². The molecular weight excluding hydrogens is 276 g/mol. The fraction of sp³-hybridized carbons (Fsp3) is 0.412. The Morgan fingerprint density at radius 2 is 2.23 bits per heavy atom. The van der Waals surface area contributed by atoms with Gasteiger partial charge in [-0.05, 0) is 18.4 Å². The highest BCUT2D eigenvalue weighted by Crippen LogP contribution is 2.41. The Morgan fingerprint density at radius 3 is 2.73 bits per heavy atom. The van der Waals surface area contributed by atoms with Gasteiger partial charge < -0.3 is 10.7 Å². The largest absolute Gasteiger partial charge is 0.368 e. The molecule has 2 unspecified atom stereocenters. The Balaban J connectivity index is 1.91. The summed E-state index contributed by atoms with van der Waals surface area (Å²) < 4.78 is 0. The standard InChI is InChI=1S/C17H22N4O/c1-2-17(16(18)22,10-14-11-19-12-20-14)21-9-8-15(21)13-6-4-3-5-7-13/h3-7,11-12,15H,2,8-10H2,1H3,(H2,18,22)(H,19,20). The van der Waals surface area contributed by atoms with E-state index in [4.69, 9.17) is 5.73 Å². The van der Waals surface area contributed by atoms with Gasteiger partial charge in [0.2, 0.25) is 5.91 Å². The molecule has 3 N–H and O–H groups in total. The van der Waals surface area contributed by atoms with Crippen LogP contribution in [0, 0.1) is 0 Å². The van der Waals surface area contributed by atoms with Crippen LogP contribution in [0.3, 0.4) is 0 Å². The first-order chi connectivity index (χ1) is 10.7. The van der Waals surface area contributed by atoms with Crippen molar-refractivity contribution < 1.29 is 4.79 Å². The lowest BCUT2D eigenvalue weighted by molar-refractivity contribution is -0.138. The second-order valence-corrected chi connectivity index (χ2v) is 5.90. The molecule has 2 heterocycles. The number of benzene rings is 1. The molecule has 1 aliphatic heterocycles. The molecular formula is C17H22N4O. The van der Waals surface area contributed by atoms with Crippen LogP contribution in [0.2, 0.25) is 0 Å². The van der Waals surface area contributed by atoms with Crippen LogP contribution in [0.15, 0.2) is 42.9 Å². The monoisotopic (exact) mass is 298 g/mol. The smallest absolute Gasteiger partial charge is 0.238 e. The minimum Gasteiger partial charge on any atom is -0.368 e. The minimum absolute atomic E-state index is 0.257. The van der Waals surface area contributed by atoms with E-state index >= 15 is 0 Å². The number of aromatic nitrogens is 2. The number of imidazole rings is 1. The predicted molar refractivity (Wildman–Crippen MR) is 85.0 cm³/mol. The fourth-order valence-corrected chi connectivity index (χ4v) is 3.44. The molecule has 5 heteroatoms. The molecule has 2 aromatic rings. The van der Waals surface area contributed by atoms with Gasteiger partial charge in [0.15, 0.2) is 0 Å². The fourth-order valence-electron chi connectivity index (χ4n) is 3.44. The van der Waals surface area contributed by atoms with Crippen molar-refractivity contribution in [1.82, 2.24) is 14.9 Å². The molecule has 1 fully saturated rings. The highest BCUT2D eigenvalue weighted by molar-refractivity contribution is 5.85. The first kappa shape index (κ1) is 14.8. The van der Waals surface area contributed by atoms with Gasteiger partial charge in [-0.15, -0.1) is 0 Å². The van der Waals surface area contributed by atoms with E-state index in [9.17, 15) is 4.79 Å². The van der Waals surface area contributed by atoms with Gasteiger partial charge in [0, 0.05) is 25.2 Å². The number of amides is 1. The molecule has 5 nitrogen and oxygen atoms in total. The van der Waals surface area contributed by atoms with E-state index in [0.29, 0.717) is 12.8 Å². The number of hydrogen-bond donors (Lipinski definition) is 2. The molecule has 116 valence electrons. The SMILES string of the molecule is CCC(Cc1c[nH]cn1)(C(N)=O)N1CCC1c1ccccc1. The van der Waals surface area contributed by atoms with Crippen molar-refractivity contribution in [2.45, 2.75) is 37.8 Å². The van der Waals surface area contributed by atoms with Crippen LogP contribution in [0.5, 0.6) is 0 Å². The van der Waals surface area contributed by atoms with Crippen molar-refractivity contribution in [2.75, 3.05) is 6.54 Å². The zero-order valence-electron chi connectivity index (χ0n) is 12.8. The van der Waals surface area contributed by atoms with Crippen LogP contribution in [-0.4, -0.2) is 32.9 Å². The van der Waals surface area contributed by atoms with Crippen molar-refractivity contribution in [3.63, 3.8) is 0 Å². The van der Waals surface area contributed by atoms with E-state index < -0.39 is 5.54 Å². The van der Waals surface area contributed by atoms with Crippen molar-refractivity contribution in [1.29, 1.82) is 0 Å². The van der Waals surface area contributed by atoms with Gasteiger partial charge in [-0.1, -0.05) is 37.3 Å².